The van der Waals surface area contributed by atoms with Crippen molar-refractivity contribution in [2.75, 3.05) is 6.54 Å². The van der Waals surface area contributed by atoms with Gasteiger partial charge in [-0.2, -0.15) is 0 Å². The molecule has 0 saturated heterocycles. The molecule has 1 aromatic heterocycles. The van der Waals surface area contributed by atoms with Crippen molar-refractivity contribution in [3.05, 3.63) is 58.0 Å². The Morgan fingerprint density at radius 2 is 2.06 bits per heavy atom. The van der Waals surface area contributed by atoms with Gasteiger partial charge in [0.2, 0.25) is 0 Å². The summed E-state index contributed by atoms with van der Waals surface area (Å²) >= 11 is 3.04. The SMILES string of the molecule is Fc1ccc(Br)c(F)c1CNCCc1ccco1. The van der Waals surface area contributed by atoms with Crippen LogP contribution >= 0.6 is 15.9 Å². The molecule has 0 saturated carbocycles. The normalized spacial score (nSPS) is 10.8. The fraction of sp³-hybridized carbons (Fsp3) is 0.231. The van der Waals surface area contributed by atoms with Crippen molar-refractivity contribution in [3.8, 4) is 0 Å². The first kappa shape index (κ1) is 13.2. The van der Waals surface area contributed by atoms with E-state index in [0.29, 0.717) is 13.0 Å². The van der Waals surface area contributed by atoms with Crippen LogP contribution in [0.25, 0.3) is 0 Å². The summed E-state index contributed by atoms with van der Waals surface area (Å²) in [7, 11) is 0. The molecule has 2 nitrogen and oxygen atoms in total. The summed E-state index contributed by atoms with van der Waals surface area (Å²) in [5.74, 6) is -0.251. The summed E-state index contributed by atoms with van der Waals surface area (Å²) < 4.78 is 32.5. The molecule has 2 rings (SSSR count). The number of hydrogen-bond donors (Lipinski definition) is 1. The number of halogens is 3. The summed E-state index contributed by atoms with van der Waals surface area (Å²) in [6.07, 6.45) is 2.28. The van der Waals surface area contributed by atoms with E-state index in [-0.39, 0.29) is 16.6 Å². The van der Waals surface area contributed by atoms with Crippen LogP contribution in [0.3, 0.4) is 0 Å². The molecule has 0 aliphatic heterocycles. The number of nitrogens with one attached hydrogen (secondary N) is 1. The third kappa shape index (κ3) is 3.17. The van der Waals surface area contributed by atoms with Crippen LogP contribution in [0.2, 0.25) is 0 Å². The maximum absolute atomic E-state index is 13.6. The fourth-order valence-corrected chi connectivity index (χ4v) is 1.98. The topological polar surface area (TPSA) is 25.2 Å². The Morgan fingerprint density at radius 1 is 1.22 bits per heavy atom. The average molecular weight is 316 g/mol. The Bertz CT molecular complexity index is 514. The van der Waals surface area contributed by atoms with E-state index in [1.807, 2.05) is 12.1 Å². The quantitative estimate of drug-likeness (QED) is 0.673. The summed E-state index contributed by atoms with van der Waals surface area (Å²) in [6.45, 7) is 0.747. The van der Waals surface area contributed by atoms with Gasteiger partial charge < -0.3 is 9.73 Å². The van der Waals surface area contributed by atoms with Gasteiger partial charge in [-0.25, -0.2) is 8.78 Å². The average Bonchev–Trinajstić information content (AvgIpc) is 2.86. The van der Waals surface area contributed by atoms with Crippen LogP contribution in [0.15, 0.2) is 39.4 Å². The summed E-state index contributed by atoms with van der Waals surface area (Å²) in [5.41, 5.74) is 0.0452. The van der Waals surface area contributed by atoms with E-state index < -0.39 is 11.6 Å². The lowest BCUT2D eigenvalue weighted by molar-refractivity contribution is 0.492. The molecule has 0 radical (unpaired) electrons. The van der Waals surface area contributed by atoms with E-state index in [2.05, 4.69) is 21.2 Å². The van der Waals surface area contributed by atoms with Crippen molar-refractivity contribution in [1.82, 2.24) is 5.32 Å². The van der Waals surface area contributed by atoms with Crippen LogP contribution in [0.5, 0.6) is 0 Å². The minimum Gasteiger partial charge on any atom is -0.469 e. The fourth-order valence-electron chi connectivity index (χ4n) is 1.61. The highest BCUT2D eigenvalue weighted by atomic mass is 79.9. The predicted octanol–water partition coefficient (Wildman–Crippen LogP) is 3.65. The lowest BCUT2D eigenvalue weighted by Crippen LogP contribution is -2.18. The Morgan fingerprint density at radius 3 is 2.78 bits per heavy atom. The summed E-state index contributed by atoms with van der Waals surface area (Å²) in [6, 6.07) is 6.28. The molecule has 1 aromatic carbocycles. The lowest BCUT2D eigenvalue weighted by Gasteiger charge is -2.07. The Kier molecular flexibility index (Phi) is 4.49. The van der Waals surface area contributed by atoms with Crippen molar-refractivity contribution in [2.24, 2.45) is 0 Å². The molecule has 2 aromatic rings. The number of benzene rings is 1. The molecule has 0 aliphatic carbocycles. The third-order valence-corrected chi connectivity index (χ3v) is 3.18. The molecule has 0 unspecified atom stereocenters. The zero-order chi connectivity index (χ0) is 13.0. The first-order valence-electron chi connectivity index (χ1n) is 5.54. The van der Waals surface area contributed by atoms with Crippen LogP contribution in [0.1, 0.15) is 11.3 Å². The first-order valence-corrected chi connectivity index (χ1v) is 6.33. The van der Waals surface area contributed by atoms with Crippen LogP contribution in [-0.2, 0) is 13.0 Å². The van der Waals surface area contributed by atoms with Crippen LogP contribution in [-0.4, -0.2) is 6.54 Å². The smallest absolute Gasteiger partial charge is 0.144 e. The van der Waals surface area contributed by atoms with Gasteiger partial charge in [0.1, 0.15) is 17.4 Å². The van der Waals surface area contributed by atoms with Gasteiger partial charge in [-0.3, -0.25) is 0 Å². The van der Waals surface area contributed by atoms with Crippen molar-refractivity contribution >= 4 is 15.9 Å². The van der Waals surface area contributed by atoms with Crippen molar-refractivity contribution in [1.29, 1.82) is 0 Å². The lowest BCUT2D eigenvalue weighted by atomic mass is 10.2. The van der Waals surface area contributed by atoms with Gasteiger partial charge in [0.15, 0.2) is 0 Å². The second-order valence-corrected chi connectivity index (χ2v) is 4.68. The molecule has 1 N–H and O–H groups in total. The van der Waals surface area contributed by atoms with Gasteiger partial charge in [-0.1, -0.05) is 0 Å². The second-order valence-electron chi connectivity index (χ2n) is 3.83. The standard InChI is InChI=1S/C13H12BrF2NO/c14-11-3-4-12(15)10(13(11)16)8-17-6-5-9-2-1-7-18-9/h1-4,7,17H,5-6,8H2. The van der Waals surface area contributed by atoms with E-state index in [9.17, 15) is 8.78 Å². The molecule has 0 spiro atoms. The zero-order valence-corrected chi connectivity index (χ0v) is 11.1. The Hall–Kier alpha value is -1.20. The third-order valence-electron chi connectivity index (χ3n) is 2.57. The van der Waals surface area contributed by atoms with E-state index >= 15 is 0 Å². The highest BCUT2D eigenvalue weighted by molar-refractivity contribution is 9.10. The van der Waals surface area contributed by atoms with E-state index in [1.165, 1.54) is 12.1 Å². The molecule has 0 aliphatic rings. The first-order chi connectivity index (χ1) is 8.68. The van der Waals surface area contributed by atoms with Gasteiger partial charge in [0, 0.05) is 25.1 Å². The van der Waals surface area contributed by atoms with E-state index in [1.54, 1.807) is 6.26 Å². The Labute approximate surface area is 112 Å². The molecule has 18 heavy (non-hydrogen) atoms. The molecule has 0 bridgehead atoms. The number of hydrogen-bond acceptors (Lipinski definition) is 2. The van der Waals surface area contributed by atoms with E-state index in [0.717, 1.165) is 5.76 Å². The maximum atomic E-state index is 13.6. The van der Waals surface area contributed by atoms with Gasteiger partial charge in [-0.15, -0.1) is 0 Å². The molecule has 96 valence electrons. The molecule has 0 fully saturated rings. The van der Waals surface area contributed by atoms with E-state index in [4.69, 9.17) is 4.42 Å². The van der Waals surface area contributed by atoms with Gasteiger partial charge in [0.05, 0.1) is 10.7 Å². The second kappa shape index (κ2) is 6.11. The molecule has 0 atom stereocenters. The number of rotatable bonds is 5. The monoisotopic (exact) mass is 315 g/mol. The largest absolute Gasteiger partial charge is 0.469 e. The zero-order valence-electron chi connectivity index (χ0n) is 9.55. The molecule has 0 amide bonds. The van der Waals surface area contributed by atoms with Crippen molar-refractivity contribution in [3.63, 3.8) is 0 Å². The van der Waals surface area contributed by atoms with Gasteiger partial charge in [-0.05, 0) is 40.2 Å². The van der Waals surface area contributed by atoms with Crippen molar-refractivity contribution in [2.45, 2.75) is 13.0 Å². The highest BCUT2D eigenvalue weighted by Gasteiger charge is 2.11. The molecule has 1 heterocycles. The predicted molar refractivity (Wildman–Crippen MR) is 68.2 cm³/mol. The van der Waals surface area contributed by atoms with Crippen LogP contribution in [0, 0.1) is 11.6 Å². The summed E-state index contributed by atoms with van der Waals surface area (Å²) in [4.78, 5) is 0. The summed E-state index contributed by atoms with van der Waals surface area (Å²) in [5, 5.41) is 2.99. The van der Waals surface area contributed by atoms with Gasteiger partial charge in [0.25, 0.3) is 0 Å². The molecular weight excluding hydrogens is 304 g/mol. The Balaban J connectivity index is 1.88. The maximum Gasteiger partial charge on any atom is 0.144 e. The minimum atomic E-state index is -0.555. The molecular formula is C13H12BrF2NO. The highest BCUT2D eigenvalue weighted by Crippen LogP contribution is 2.21. The van der Waals surface area contributed by atoms with Crippen molar-refractivity contribution < 1.29 is 13.2 Å². The minimum absolute atomic E-state index is 0.0452. The molecule has 5 heteroatoms. The van der Waals surface area contributed by atoms with Crippen LogP contribution in [0.4, 0.5) is 8.78 Å². The van der Waals surface area contributed by atoms with Crippen LogP contribution < -0.4 is 5.32 Å². The van der Waals surface area contributed by atoms with Gasteiger partial charge >= 0.3 is 0 Å². The number of furan rings is 1.